The van der Waals surface area contributed by atoms with Crippen LogP contribution in [0.4, 0.5) is 4.39 Å². The van der Waals surface area contributed by atoms with Crippen molar-refractivity contribution in [3.05, 3.63) is 71.4 Å². The van der Waals surface area contributed by atoms with Gasteiger partial charge in [-0.1, -0.05) is 83.4 Å². The Morgan fingerprint density at radius 2 is 1.04 bits per heavy atom. The molecule has 16 heteroatoms. The number of carbonyl (C=O) groups excluding carboxylic acids is 6. The topological polar surface area (TPSA) is 284 Å². The third-order valence-electron chi connectivity index (χ3n) is 25.6. The fourth-order valence-electron chi connectivity index (χ4n) is 21.5. The Balaban J connectivity index is 0.000000136. The minimum atomic E-state index is -1.98. The minimum absolute atomic E-state index is 0.00620. The van der Waals surface area contributed by atoms with Gasteiger partial charge in [0.25, 0.3) is 0 Å². The van der Waals surface area contributed by atoms with E-state index in [9.17, 15) is 74.7 Å². The van der Waals surface area contributed by atoms with E-state index in [-0.39, 0.29) is 81.9 Å². The lowest BCUT2D eigenvalue weighted by molar-refractivity contribution is -0.219. The van der Waals surface area contributed by atoms with E-state index in [0.717, 1.165) is 43.3 Å². The van der Waals surface area contributed by atoms with Crippen molar-refractivity contribution in [1.82, 2.24) is 0 Å². The van der Waals surface area contributed by atoms with Crippen LogP contribution < -0.4 is 0 Å². The van der Waals surface area contributed by atoms with Crippen molar-refractivity contribution in [3.63, 3.8) is 0 Å². The fraction of sp³-hybridized carbons (Fsp3) is 0.723. The molecule has 0 aromatic heterocycles. The monoisotopic (exact) mass is 1130 g/mol. The first-order chi connectivity index (χ1) is 37.7. The van der Waals surface area contributed by atoms with Crippen LogP contribution in [0.15, 0.2) is 71.4 Å². The number of hydrogen-bond acceptors (Lipinski definition) is 15. The van der Waals surface area contributed by atoms with Crippen molar-refractivity contribution in [2.24, 2.45) is 91.7 Å². The van der Waals surface area contributed by atoms with Crippen LogP contribution in [0.1, 0.15) is 139 Å². The second-order valence-electron chi connectivity index (χ2n) is 28.7. The van der Waals surface area contributed by atoms with E-state index >= 15 is 4.39 Å². The summed E-state index contributed by atoms with van der Waals surface area (Å²) in [6, 6.07) is 0. The van der Waals surface area contributed by atoms with E-state index in [4.69, 9.17) is 0 Å². The second-order valence-corrected chi connectivity index (χ2v) is 28.7. The largest absolute Gasteiger partial charge is 0.393 e. The van der Waals surface area contributed by atoms with E-state index in [2.05, 4.69) is 20.8 Å². The van der Waals surface area contributed by atoms with Crippen LogP contribution in [0.5, 0.6) is 0 Å². The van der Waals surface area contributed by atoms with E-state index in [1.165, 1.54) is 12.2 Å². The molecule has 81 heavy (non-hydrogen) atoms. The van der Waals surface area contributed by atoms with Crippen molar-refractivity contribution in [3.8, 4) is 0 Å². The predicted octanol–water partition coefficient (Wildman–Crippen LogP) is 5.26. The molecule has 12 rings (SSSR count). The zero-order valence-electron chi connectivity index (χ0n) is 48.4. The fourth-order valence-corrected chi connectivity index (χ4v) is 21.5. The summed E-state index contributed by atoms with van der Waals surface area (Å²) in [6.45, 7) is 13.3. The smallest absolute Gasteiger partial charge is 0.190 e. The molecule has 0 unspecified atom stereocenters. The van der Waals surface area contributed by atoms with Crippen molar-refractivity contribution < 1.29 is 79.1 Å². The highest BCUT2D eigenvalue weighted by molar-refractivity contribution is 6.02. The van der Waals surface area contributed by atoms with Gasteiger partial charge in [0.05, 0.1) is 18.3 Å². The van der Waals surface area contributed by atoms with E-state index in [1.54, 1.807) is 51.2 Å². The summed E-state index contributed by atoms with van der Waals surface area (Å²) in [7, 11) is 0. The molecule has 0 radical (unpaired) electrons. The lowest BCUT2D eigenvalue weighted by Crippen LogP contribution is -2.69. The number of aliphatic hydroxyl groups excluding tert-OH is 6. The average Bonchev–Trinajstić information content (AvgIpc) is 1.86. The van der Waals surface area contributed by atoms with Gasteiger partial charge in [0.15, 0.2) is 40.4 Å². The number of fused-ring (bicyclic) bond motifs is 15. The van der Waals surface area contributed by atoms with E-state index in [0.29, 0.717) is 50.5 Å². The summed E-state index contributed by atoms with van der Waals surface area (Å²) in [5, 5.41) is 95.5. The molecule has 12 aliphatic rings. The van der Waals surface area contributed by atoms with E-state index < -0.39 is 111 Å². The molecule has 12 aliphatic carbocycles. The lowest BCUT2D eigenvalue weighted by Gasteiger charge is -2.62. The highest BCUT2D eigenvalue weighted by Gasteiger charge is 2.76. The van der Waals surface area contributed by atoms with Crippen LogP contribution in [0.3, 0.4) is 0 Å². The summed E-state index contributed by atoms with van der Waals surface area (Å²) in [4.78, 5) is 72.9. The Bertz CT molecular complexity index is 2890. The Morgan fingerprint density at radius 3 is 1.59 bits per heavy atom. The highest BCUT2D eigenvalue weighted by atomic mass is 19.1. The van der Waals surface area contributed by atoms with Gasteiger partial charge in [-0.25, -0.2) is 4.39 Å². The molecule has 0 aromatic rings. The van der Waals surface area contributed by atoms with Gasteiger partial charge in [-0.3, -0.25) is 28.8 Å². The first kappa shape index (κ1) is 60.2. The number of allylic oxidation sites excluding steroid dienone is 12. The number of halogens is 1. The molecule has 15 nitrogen and oxygen atoms in total. The molecule has 0 aliphatic heterocycles. The van der Waals surface area contributed by atoms with Crippen LogP contribution in [-0.4, -0.2) is 141 Å². The van der Waals surface area contributed by atoms with Crippen molar-refractivity contribution in [1.29, 1.82) is 0 Å². The summed E-state index contributed by atoms with van der Waals surface area (Å²) in [5.41, 5.74) is -8.30. The molecule has 0 amide bonds. The molecule has 0 bridgehead atoms. The number of carbonyl (C=O) groups is 6. The molecule has 0 spiro atoms. The maximum atomic E-state index is 16.9. The summed E-state index contributed by atoms with van der Waals surface area (Å²) in [6.07, 6.45) is 19.0. The van der Waals surface area contributed by atoms with Gasteiger partial charge in [0, 0.05) is 50.2 Å². The first-order valence-electron chi connectivity index (χ1n) is 29.9. The van der Waals surface area contributed by atoms with Crippen LogP contribution >= 0.6 is 0 Å². The number of rotatable bonds is 6. The number of ketones is 6. The number of hydrogen-bond donors (Lipinski definition) is 9. The molecule has 9 saturated carbocycles. The zero-order chi connectivity index (χ0) is 59.4. The average molecular weight is 1130 g/mol. The van der Waals surface area contributed by atoms with E-state index in [1.807, 2.05) is 26.0 Å². The number of aliphatic hydroxyl groups is 9. The predicted molar refractivity (Wildman–Crippen MR) is 295 cm³/mol. The third kappa shape index (κ3) is 7.94. The van der Waals surface area contributed by atoms with Crippen molar-refractivity contribution in [2.45, 2.75) is 180 Å². The lowest BCUT2D eigenvalue weighted by atomic mass is 9.44. The third-order valence-corrected chi connectivity index (χ3v) is 25.6. The van der Waals surface area contributed by atoms with Gasteiger partial charge in [0.1, 0.15) is 36.6 Å². The van der Waals surface area contributed by atoms with Crippen molar-refractivity contribution in [2.75, 3.05) is 19.8 Å². The SMILES string of the molecule is C[C@@H]1C[C@H]2[C@@H]3CCC4=CC(=O)C=C[C@]4(C)[C@@]3(F)[C@@H](O)C[C@]2(C)[C@@]1(O)C(=O)CO.C[C@H]1C[C@@H]2[C@H]([C@@H](O)C[C@@]3(C)[C@H]2CC[C@]3(O)C(=O)CO)[C@@]2(C)C=CC(=O)C=C12.C[C@]12C=CC(=O)C=C1CC[C@@H]1[C@@H]2[C@@H](O)C[C@@]2(C)[C@H]1CC[C@]2(O)C(=O)CO. The van der Waals surface area contributed by atoms with Gasteiger partial charge in [0.2, 0.25) is 0 Å². The Hall–Kier alpha value is -3.97. The maximum Gasteiger partial charge on any atom is 0.190 e. The maximum absolute atomic E-state index is 16.9. The van der Waals surface area contributed by atoms with Crippen LogP contribution in [-0.2, 0) is 28.8 Å². The summed E-state index contributed by atoms with van der Waals surface area (Å²) >= 11 is 0. The molecule has 23 atom stereocenters. The molecule has 9 fully saturated rings. The zero-order valence-corrected chi connectivity index (χ0v) is 48.4. The standard InChI is InChI=1S/C22H29FO5.C22H30O5.C21H28O5/c1-12-8-16-15-5-4-13-9-14(25)6-7-19(13,2)21(15,23)17(26)10-20(16,3)22(12,28)18(27)11-24;1-12-8-14-15-5-7-22(27,18(26)11-23)21(15,3)10-17(25)19(14)20(2)6-4-13(24)9-16(12)20;1-19-7-5-13(23)9-12(19)3-4-14-15-6-8-21(26,17(25)11-22)20(15,2)10-16(24)18(14)19/h6-7,9,12,15-17,24,26,28H,4-5,8,10-11H2,1-3H3;4,6,9,12,14-15,17,19,23,25,27H,5,7-8,10-11H2,1-3H3;5,7,9,14-16,18,22,24,26H,3-4,6,8,10-11H2,1-2H3/t12-,15+,16+,17+,19+,20+,21+,22+;12-,14-,15-,17-,19+,20-,21-,22-;14-,15-,16-,18+,19-,20-,21-/m100/s1. The molecular weight excluding hydrogens is 1040 g/mol. The van der Waals surface area contributed by atoms with Gasteiger partial charge in [-0.05, 0) is 168 Å². The molecule has 0 saturated heterocycles. The molecule has 444 valence electrons. The summed E-state index contributed by atoms with van der Waals surface area (Å²) < 4.78 is 16.9. The van der Waals surface area contributed by atoms with Crippen LogP contribution in [0.25, 0.3) is 0 Å². The minimum Gasteiger partial charge on any atom is -0.393 e. The van der Waals surface area contributed by atoms with Gasteiger partial charge in [-0.15, -0.1) is 0 Å². The first-order valence-corrected chi connectivity index (χ1v) is 29.9. The molecule has 9 N–H and O–H groups in total. The van der Waals surface area contributed by atoms with Gasteiger partial charge < -0.3 is 46.0 Å². The van der Waals surface area contributed by atoms with Crippen molar-refractivity contribution >= 4 is 34.7 Å². The Kier molecular flexibility index (Phi) is 14.7. The number of alkyl halides is 1. The highest BCUT2D eigenvalue weighted by Crippen LogP contribution is 2.72. The number of Topliss-reactive ketones (excluding diaryl/α,β-unsaturated/α-hetero) is 3. The Morgan fingerprint density at radius 1 is 0.556 bits per heavy atom. The Labute approximate surface area is 474 Å². The normalized spacial score (nSPS) is 51.3. The van der Waals surface area contributed by atoms with Gasteiger partial charge in [-0.2, -0.15) is 0 Å². The van der Waals surface area contributed by atoms with Crippen LogP contribution in [0.2, 0.25) is 0 Å². The van der Waals surface area contributed by atoms with Crippen LogP contribution in [0, 0.1) is 91.7 Å². The summed E-state index contributed by atoms with van der Waals surface area (Å²) in [5.74, 6) is -2.42. The molecule has 0 aromatic carbocycles. The molecule has 0 heterocycles. The second kappa shape index (κ2) is 19.8. The quantitative estimate of drug-likeness (QED) is 0.164. The van der Waals surface area contributed by atoms with Gasteiger partial charge >= 0.3 is 0 Å². The molecular formula is C65H87FO15.